The third-order valence-corrected chi connectivity index (χ3v) is 4.47. The van der Waals surface area contributed by atoms with E-state index < -0.39 is 24.7 Å². The van der Waals surface area contributed by atoms with E-state index in [1.165, 1.54) is 4.90 Å². The van der Waals surface area contributed by atoms with Crippen LogP contribution >= 0.6 is 0 Å². The average molecular weight is 414 g/mol. The molecule has 10 heteroatoms. The van der Waals surface area contributed by atoms with Gasteiger partial charge in [-0.1, -0.05) is 17.7 Å². The lowest BCUT2D eigenvalue weighted by atomic mass is 10.1. The summed E-state index contributed by atoms with van der Waals surface area (Å²) in [6.07, 6.45) is -1.65. The van der Waals surface area contributed by atoms with Gasteiger partial charge in [0.15, 0.2) is 0 Å². The number of aryl methyl sites for hydroxylation is 1. The maximum absolute atomic E-state index is 12.6. The van der Waals surface area contributed by atoms with Crippen LogP contribution in [0.3, 0.4) is 0 Å². The number of imide groups is 1. The molecule has 0 atom stereocenters. The van der Waals surface area contributed by atoms with E-state index in [-0.39, 0.29) is 19.0 Å². The zero-order valence-electron chi connectivity index (χ0n) is 16.2. The van der Waals surface area contributed by atoms with Crippen LogP contribution in [0.4, 0.5) is 23.7 Å². The highest BCUT2D eigenvalue weighted by Gasteiger charge is 2.28. The molecule has 1 aliphatic heterocycles. The van der Waals surface area contributed by atoms with E-state index in [9.17, 15) is 27.6 Å². The van der Waals surface area contributed by atoms with E-state index in [0.29, 0.717) is 18.8 Å². The number of benzene rings is 1. The van der Waals surface area contributed by atoms with E-state index >= 15 is 0 Å². The minimum atomic E-state index is -4.57. The van der Waals surface area contributed by atoms with E-state index in [4.69, 9.17) is 0 Å². The Morgan fingerprint density at radius 1 is 1.03 bits per heavy atom. The molecule has 1 saturated heterocycles. The van der Waals surface area contributed by atoms with Crippen molar-refractivity contribution in [3.8, 4) is 0 Å². The lowest BCUT2D eigenvalue weighted by Gasteiger charge is -2.30. The standard InChI is InChI=1S/C19H25F3N4O3/c1-14-5-7-15(8-6-14)26(12-17(28)25-9-3-2-4-10-25)11-16(27)24-18(29)23-13-19(20,21)22/h5-8H,2-4,9-13H2,1H3,(H2,23,24,27,29). The van der Waals surface area contributed by atoms with Gasteiger partial charge in [0.2, 0.25) is 11.8 Å². The van der Waals surface area contributed by atoms with E-state index in [0.717, 1.165) is 24.8 Å². The maximum Gasteiger partial charge on any atom is 0.405 e. The van der Waals surface area contributed by atoms with Gasteiger partial charge in [-0.2, -0.15) is 13.2 Å². The molecular weight excluding hydrogens is 389 g/mol. The van der Waals surface area contributed by atoms with Crippen molar-refractivity contribution in [1.82, 2.24) is 15.5 Å². The number of carbonyl (C=O) groups is 3. The van der Waals surface area contributed by atoms with Crippen LogP contribution in [0.15, 0.2) is 24.3 Å². The van der Waals surface area contributed by atoms with Crippen molar-refractivity contribution in [1.29, 1.82) is 0 Å². The molecule has 0 aromatic heterocycles. The molecule has 1 fully saturated rings. The molecule has 2 N–H and O–H groups in total. The minimum Gasteiger partial charge on any atom is -0.353 e. The highest BCUT2D eigenvalue weighted by Crippen LogP contribution is 2.16. The number of nitrogens with zero attached hydrogens (tertiary/aromatic N) is 2. The zero-order chi connectivity index (χ0) is 21.4. The van der Waals surface area contributed by atoms with Gasteiger partial charge in [0, 0.05) is 18.8 Å². The van der Waals surface area contributed by atoms with Gasteiger partial charge in [-0.3, -0.25) is 14.9 Å². The molecule has 7 nitrogen and oxygen atoms in total. The minimum absolute atomic E-state index is 0.0688. The van der Waals surface area contributed by atoms with Crippen molar-refractivity contribution in [2.75, 3.05) is 37.6 Å². The molecule has 2 rings (SSSR count). The number of likely N-dealkylation sites (tertiary alicyclic amines) is 1. The lowest BCUT2D eigenvalue weighted by Crippen LogP contribution is -2.49. The number of piperidine rings is 1. The summed E-state index contributed by atoms with van der Waals surface area (Å²) in [5.74, 6) is -0.948. The first kappa shape index (κ1) is 22.5. The van der Waals surface area contributed by atoms with Gasteiger partial charge in [0.05, 0.1) is 13.1 Å². The molecule has 0 saturated carbocycles. The van der Waals surface area contributed by atoms with Crippen molar-refractivity contribution in [3.63, 3.8) is 0 Å². The molecule has 1 heterocycles. The Labute approximate surface area is 167 Å². The molecule has 0 bridgehead atoms. The second-order valence-electron chi connectivity index (χ2n) is 6.98. The Bertz CT molecular complexity index is 716. The van der Waals surface area contributed by atoms with Crippen molar-refractivity contribution in [3.05, 3.63) is 29.8 Å². The Hall–Kier alpha value is -2.78. The molecule has 4 amide bonds. The topological polar surface area (TPSA) is 81.8 Å². The van der Waals surface area contributed by atoms with Crippen LogP contribution in [0.25, 0.3) is 0 Å². The lowest BCUT2D eigenvalue weighted by molar-refractivity contribution is -0.130. The van der Waals surface area contributed by atoms with Crippen LogP contribution in [0.5, 0.6) is 0 Å². The molecular formula is C19H25F3N4O3. The fourth-order valence-electron chi connectivity index (χ4n) is 2.96. The normalized spacial score (nSPS) is 14.3. The molecule has 1 aromatic rings. The van der Waals surface area contributed by atoms with Gasteiger partial charge in [0.25, 0.3) is 0 Å². The Balaban J connectivity index is 2.00. The molecule has 0 unspecified atom stereocenters. The second kappa shape index (κ2) is 10.1. The summed E-state index contributed by atoms with van der Waals surface area (Å²) in [4.78, 5) is 39.5. The largest absolute Gasteiger partial charge is 0.405 e. The number of anilines is 1. The van der Waals surface area contributed by atoms with Crippen molar-refractivity contribution in [2.24, 2.45) is 0 Å². The van der Waals surface area contributed by atoms with E-state index in [1.54, 1.807) is 22.3 Å². The number of carbonyl (C=O) groups excluding carboxylic acids is 3. The number of alkyl halides is 3. The fraction of sp³-hybridized carbons (Fsp3) is 0.526. The molecule has 0 spiro atoms. The smallest absolute Gasteiger partial charge is 0.353 e. The van der Waals surface area contributed by atoms with Crippen molar-refractivity contribution >= 4 is 23.5 Å². The van der Waals surface area contributed by atoms with Gasteiger partial charge in [-0.05, 0) is 38.3 Å². The zero-order valence-corrected chi connectivity index (χ0v) is 16.2. The summed E-state index contributed by atoms with van der Waals surface area (Å²) in [7, 11) is 0. The van der Waals surface area contributed by atoms with Gasteiger partial charge < -0.3 is 15.1 Å². The van der Waals surface area contributed by atoms with Crippen LogP contribution < -0.4 is 15.5 Å². The first-order valence-electron chi connectivity index (χ1n) is 9.38. The Morgan fingerprint density at radius 3 is 2.24 bits per heavy atom. The quantitative estimate of drug-likeness (QED) is 0.748. The highest BCUT2D eigenvalue weighted by atomic mass is 19.4. The monoisotopic (exact) mass is 414 g/mol. The van der Waals surface area contributed by atoms with Crippen LogP contribution in [-0.4, -0.2) is 61.6 Å². The molecule has 0 aliphatic carbocycles. The molecule has 160 valence electrons. The number of nitrogens with one attached hydrogen (secondary N) is 2. The SMILES string of the molecule is Cc1ccc(N(CC(=O)NC(=O)NCC(F)(F)F)CC(=O)N2CCCCC2)cc1. The number of amides is 4. The fourth-order valence-corrected chi connectivity index (χ4v) is 2.96. The maximum atomic E-state index is 12.6. The van der Waals surface area contributed by atoms with Crippen LogP contribution in [0, 0.1) is 6.92 Å². The third kappa shape index (κ3) is 8.00. The molecule has 29 heavy (non-hydrogen) atoms. The van der Waals surface area contributed by atoms with E-state index in [2.05, 4.69) is 0 Å². The van der Waals surface area contributed by atoms with Gasteiger partial charge in [-0.15, -0.1) is 0 Å². The molecule has 0 radical (unpaired) electrons. The summed E-state index contributed by atoms with van der Waals surface area (Å²) in [5.41, 5.74) is 1.60. The number of halogens is 3. The number of hydrogen-bond acceptors (Lipinski definition) is 4. The number of urea groups is 1. The summed E-state index contributed by atoms with van der Waals surface area (Å²) in [5, 5.41) is 3.44. The summed E-state index contributed by atoms with van der Waals surface area (Å²) < 4.78 is 36.5. The molecule has 1 aromatic carbocycles. The van der Waals surface area contributed by atoms with Crippen molar-refractivity contribution < 1.29 is 27.6 Å². The third-order valence-electron chi connectivity index (χ3n) is 4.47. The van der Waals surface area contributed by atoms with Crippen LogP contribution in [-0.2, 0) is 9.59 Å². The average Bonchev–Trinajstić information content (AvgIpc) is 2.66. The van der Waals surface area contributed by atoms with Crippen molar-refractivity contribution in [2.45, 2.75) is 32.4 Å². The van der Waals surface area contributed by atoms with E-state index in [1.807, 2.05) is 24.4 Å². The Kier molecular flexibility index (Phi) is 7.86. The summed E-state index contributed by atoms with van der Waals surface area (Å²) in [6, 6.07) is 5.90. The highest BCUT2D eigenvalue weighted by molar-refractivity contribution is 5.97. The summed E-state index contributed by atoms with van der Waals surface area (Å²) >= 11 is 0. The first-order chi connectivity index (χ1) is 13.6. The Morgan fingerprint density at radius 2 is 1.66 bits per heavy atom. The molecule has 1 aliphatic rings. The number of rotatable bonds is 6. The van der Waals surface area contributed by atoms with Gasteiger partial charge in [0.1, 0.15) is 6.54 Å². The first-order valence-corrected chi connectivity index (χ1v) is 9.38. The van der Waals surface area contributed by atoms with Gasteiger partial charge >= 0.3 is 12.2 Å². The van der Waals surface area contributed by atoms with Gasteiger partial charge in [-0.25, -0.2) is 4.79 Å². The predicted octanol–water partition coefficient (Wildman–Crippen LogP) is 2.20. The number of hydrogen-bond donors (Lipinski definition) is 2. The van der Waals surface area contributed by atoms with Crippen LogP contribution in [0.1, 0.15) is 24.8 Å². The van der Waals surface area contributed by atoms with Crippen LogP contribution in [0.2, 0.25) is 0 Å². The second-order valence-corrected chi connectivity index (χ2v) is 6.98. The summed E-state index contributed by atoms with van der Waals surface area (Å²) in [6.45, 7) is 1.26. The predicted molar refractivity (Wildman–Crippen MR) is 101 cm³/mol.